The molecule has 1 atom stereocenters. The van der Waals surface area contributed by atoms with Crippen LogP contribution in [0.1, 0.15) is 32.9 Å². The molecule has 0 aliphatic carbocycles. The SMILES string of the molecule is CC(C)(C)OC(=O)N1CCC(O)(c2cn[nH]n2)C1. The van der Waals surface area contributed by atoms with Gasteiger partial charge in [0, 0.05) is 13.0 Å². The average Bonchev–Trinajstić information content (AvgIpc) is 2.83. The summed E-state index contributed by atoms with van der Waals surface area (Å²) in [5, 5.41) is 20.4. The highest BCUT2D eigenvalue weighted by Crippen LogP contribution is 2.30. The Morgan fingerprint density at radius 2 is 2.33 bits per heavy atom. The van der Waals surface area contributed by atoms with Crippen molar-refractivity contribution in [1.29, 1.82) is 0 Å². The molecule has 1 amide bonds. The quantitative estimate of drug-likeness (QED) is 0.767. The minimum absolute atomic E-state index is 0.175. The van der Waals surface area contributed by atoms with E-state index in [1.54, 1.807) is 0 Å². The first kappa shape index (κ1) is 12.8. The van der Waals surface area contributed by atoms with E-state index in [-0.39, 0.29) is 6.54 Å². The molecule has 0 spiro atoms. The van der Waals surface area contributed by atoms with Crippen molar-refractivity contribution in [3.05, 3.63) is 11.9 Å². The van der Waals surface area contributed by atoms with Crippen LogP contribution in [0, 0.1) is 0 Å². The molecular formula is C11H18N4O3. The van der Waals surface area contributed by atoms with E-state index in [4.69, 9.17) is 4.74 Å². The third-order valence-corrected chi connectivity index (χ3v) is 2.79. The number of aliphatic hydroxyl groups is 1. The van der Waals surface area contributed by atoms with Crippen LogP contribution in [0.15, 0.2) is 6.20 Å². The van der Waals surface area contributed by atoms with E-state index in [9.17, 15) is 9.90 Å². The molecule has 1 aliphatic heterocycles. The number of likely N-dealkylation sites (tertiary alicyclic amines) is 1. The molecule has 0 radical (unpaired) electrons. The maximum absolute atomic E-state index is 11.9. The van der Waals surface area contributed by atoms with Crippen molar-refractivity contribution in [3.8, 4) is 0 Å². The first-order valence-electron chi connectivity index (χ1n) is 5.87. The van der Waals surface area contributed by atoms with Crippen molar-refractivity contribution in [1.82, 2.24) is 20.3 Å². The lowest BCUT2D eigenvalue weighted by Crippen LogP contribution is -2.38. The van der Waals surface area contributed by atoms with Crippen LogP contribution in [-0.4, -0.2) is 50.2 Å². The molecule has 18 heavy (non-hydrogen) atoms. The average molecular weight is 254 g/mol. The summed E-state index contributed by atoms with van der Waals surface area (Å²) in [4.78, 5) is 13.4. The van der Waals surface area contributed by atoms with Gasteiger partial charge in [0.05, 0.1) is 12.7 Å². The van der Waals surface area contributed by atoms with Gasteiger partial charge in [0.2, 0.25) is 0 Å². The Morgan fingerprint density at radius 3 is 2.89 bits per heavy atom. The van der Waals surface area contributed by atoms with E-state index in [0.29, 0.717) is 18.7 Å². The molecule has 7 nitrogen and oxygen atoms in total. The van der Waals surface area contributed by atoms with E-state index in [2.05, 4.69) is 15.4 Å². The second-order valence-corrected chi connectivity index (χ2v) is 5.54. The summed E-state index contributed by atoms with van der Waals surface area (Å²) in [6.45, 7) is 6.05. The Kier molecular flexibility index (Phi) is 3.02. The van der Waals surface area contributed by atoms with Gasteiger partial charge < -0.3 is 14.7 Å². The molecule has 1 aromatic rings. The van der Waals surface area contributed by atoms with Gasteiger partial charge in [-0.05, 0) is 20.8 Å². The molecule has 2 heterocycles. The van der Waals surface area contributed by atoms with Crippen molar-refractivity contribution in [2.24, 2.45) is 0 Å². The fraction of sp³-hybridized carbons (Fsp3) is 0.727. The number of aromatic nitrogens is 3. The van der Waals surface area contributed by atoms with Gasteiger partial charge in [-0.15, -0.1) is 0 Å². The van der Waals surface area contributed by atoms with Crippen molar-refractivity contribution in [3.63, 3.8) is 0 Å². The Morgan fingerprint density at radius 1 is 1.61 bits per heavy atom. The zero-order chi connectivity index (χ0) is 13.4. The minimum Gasteiger partial charge on any atom is -0.444 e. The van der Waals surface area contributed by atoms with Crippen LogP contribution in [0.25, 0.3) is 0 Å². The van der Waals surface area contributed by atoms with E-state index >= 15 is 0 Å². The number of hydrogen-bond acceptors (Lipinski definition) is 5. The van der Waals surface area contributed by atoms with Crippen molar-refractivity contribution in [2.75, 3.05) is 13.1 Å². The van der Waals surface area contributed by atoms with Crippen LogP contribution in [0.3, 0.4) is 0 Å². The zero-order valence-electron chi connectivity index (χ0n) is 10.8. The summed E-state index contributed by atoms with van der Waals surface area (Å²) in [6.07, 6.45) is 1.49. The van der Waals surface area contributed by atoms with Gasteiger partial charge in [0.25, 0.3) is 0 Å². The number of rotatable bonds is 1. The molecule has 1 fully saturated rings. The Bertz CT molecular complexity index is 426. The number of ether oxygens (including phenoxy) is 1. The second kappa shape index (κ2) is 4.24. The Hall–Kier alpha value is -1.63. The van der Waals surface area contributed by atoms with Gasteiger partial charge in [0.1, 0.15) is 16.9 Å². The number of nitrogens with zero attached hydrogens (tertiary/aromatic N) is 3. The summed E-state index contributed by atoms with van der Waals surface area (Å²) in [5.41, 5.74) is -1.22. The van der Waals surface area contributed by atoms with Crippen LogP contribution in [-0.2, 0) is 10.3 Å². The monoisotopic (exact) mass is 254 g/mol. The third-order valence-electron chi connectivity index (χ3n) is 2.79. The number of nitrogens with one attached hydrogen (secondary N) is 1. The number of amides is 1. The largest absolute Gasteiger partial charge is 0.444 e. The molecule has 0 aromatic carbocycles. The van der Waals surface area contributed by atoms with Crippen LogP contribution in [0.2, 0.25) is 0 Å². The molecule has 100 valence electrons. The molecule has 0 bridgehead atoms. The summed E-state index contributed by atoms with van der Waals surface area (Å²) in [6, 6.07) is 0. The van der Waals surface area contributed by atoms with Gasteiger partial charge in [-0.1, -0.05) is 0 Å². The van der Waals surface area contributed by atoms with E-state index in [1.807, 2.05) is 20.8 Å². The topological polar surface area (TPSA) is 91.3 Å². The van der Waals surface area contributed by atoms with Crippen molar-refractivity contribution in [2.45, 2.75) is 38.4 Å². The van der Waals surface area contributed by atoms with Crippen molar-refractivity contribution < 1.29 is 14.6 Å². The van der Waals surface area contributed by atoms with Gasteiger partial charge in [-0.3, -0.25) is 0 Å². The molecule has 0 saturated carbocycles. The van der Waals surface area contributed by atoms with Gasteiger partial charge in [0.15, 0.2) is 0 Å². The maximum Gasteiger partial charge on any atom is 0.410 e. The maximum atomic E-state index is 11.9. The number of hydrogen-bond donors (Lipinski definition) is 2. The first-order valence-corrected chi connectivity index (χ1v) is 5.87. The lowest BCUT2D eigenvalue weighted by Gasteiger charge is -2.25. The lowest BCUT2D eigenvalue weighted by atomic mass is 10.0. The van der Waals surface area contributed by atoms with Crippen LogP contribution in [0.5, 0.6) is 0 Å². The standard InChI is InChI=1S/C11H18N4O3/c1-10(2,3)18-9(16)15-5-4-11(17,7-15)8-6-12-14-13-8/h6,17H,4-5,7H2,1-3H3,(H,12,13,14). The van der Waals surface area contributed by atoms with Gasteiger partial charge in [-0.25, -0.2) is 4.79 Å². The van der Waals surface area contributed by atoms with Crippen LogP contribution < -0.4 is 0 Å². The number of H-pyrrole nitrogens is 1. The van der Waals surface area contributed by atoms with Crippen LogP contribution in [0.4, 0.5) is 4.79 Å². The lowest BCUT2D eigenvalue weighted by molar-refractivity contribution is 0.0126. The second-order valence-electron chi connectivity index (χ2n) is 5.54. The Labute approximate surface area is 105 Å². The molecule has 7 heteroatoms. The third kappa shape index (κ3) is 2.61. The first-order chi connectivity index (χ1) is 8.30. The summed E-state index contributed by atoms with van der Waals surface area (Å²) in [5.74, 6) is 0. The van der Waals surface area contributed by atoms with Crippen molar-refractivity contribution >= 4 is 6.09 Å². The normalized spacial score (nSPS) is 24.3. The highest BCUT2D eigenvalue weighted by Gasteiger charge is 2.42. The molecule has 1 unspecified atom stereocenters. The van der Waals surface area contributed by atoms with Gasteiger partial charge in [-0.2, -0.15) is 15.4 Å². The van der Waals surface area contributed by atoms with E-state index < -0.39 is 17.3 Å². The number of aromatic amines is 1. The molecule has 1 aliphatic rings. The number of β-amino-alcohol motifs (C(OH)–C–C–N with tert-alkyl or cyclic N) is 1. The highest BCUT2D eigenvalue weighted by atomic mass is 16.6. The molecule has 1 aromatic heterocycles. The predicted octanol–water partition coefficient (Wildman–Crippen LogP) is 0.633. The predicted molar refractivity (Wildman–Crippen MR) is 62.7 cm³/mol. The molecule has 2 N–H and O–H groups in total. The zero-order valence-corrected chi connectivity index (χ0v) is 10.8. The minimum atomic E-state index is -1.14. The summed E-state index contributed by atoms with van der Waals surface area (Å²) in [7, 11) is 0. The smallest absolute Gasteiger partial charge is 0.410 e. The molecular weight excluding hydrogens is 236 g/mol. The fourth-order valence-corrected chi connectivity index (χ4v) is 1.91. The van der Waals surface area contributed by atoms with Crippen LogP contribution >= 0.6 is 0 Å². The number of carbonyl (C=O) groups is 1. The van der Waals surface area contributed by atoms with E-state index in [0.717, 1.165) is 0 Å². The summed E-state index contributed by atoms with van der Waals surface area (Å²) < 4.78 is 5.26. The Balaban J connectivity index is 2.02. The fourth-order valence-electron chi connectivity index (χ4n) is 1.91. The molecule has 2 rings (SSSR count). The molecule has 1 saturated heterocycles. The highest BCUT2D eigenvalue weighted by molar-refractivity contribution is 5.68. The summed E-state index contributed by atoms with van der Waals surface area (Å²) >= 11 is 0. The number of carbonyl (C=O) groups excluding carboxylic acids is 1. The van der Waals surface area contributed by atoms with Gasteiger partial charge >= 0.3 is 6.09 Å². The van der Waals surface area contributed by atoms with E-state index in [1.165, 1.54) is 11.1 Å².